The summed E-state index contributed by atoms with van der Waals surface area (Å²) in [5.74, 6) is 1.86. The van der Waals surface area contributed by atoms with Gasteiger partial charge in [0.2, 0.25) is 0 Å². The average Bonchev–Trinajstić information content (AvgIpc) is 3.23. The van der Waals surface area contributed by atoms with E-state index in [2.05, 4.69) is 15.1 Å². The van der Waals surface area contributed by atoms with Crippen LogP contribution in [0.4, 0.5) is 0 Å². The van der Waals surface area contributed by atoms with E-state index in [9.17, 15) is 0 Å². The highest BCUT2D eigenvalue weighted by atomic mass is 16.5. The van der Waals surface area contributed by atoms with Gasteiger partial charge in [0.15, 0.2) is 5.82 Å². The number of aromatic nitrogens is 3. The summed E-state index contributed by atoms with van der Waals surface area (Å²) in [6.07, 6.45) is 4.03. The second kappa shape index (κ2) is 5.56. The first-order chi connectivity index (χ1) is 11.6. The fraction of sp³-hybridized carbons (Fsp3) is 0.389. The molecule has 6 heteroatoms. The molecule has 3 aromatic rings. The highest BCUT2D eigenvalue weighted by Crippen LogP contribution is 2.36. The van der Waals surface area contributed by atoms with E-state index in [-0.39, 0.29) is 0 Å². The quantitative estimate of drug-likeness (QED) is 0.795. The maximum absolute atomic E-state index is 6.42. The third kappa shape index (κ3) is 2.43. The number of methoxy groups -OCH3 is 1. The van der Waals surface area contributed by atoms with Crippen LogP contribution in [0.25, 0.3) is 22.4 Å². The van der Waals surface area contributed by atoms with Crippen molar-refractivity contribution in [1.29, 1.82) is 0 Å². The molecule has 1 aliphatic rings. The molecular formula is C18H20N4O2. The molecule has 124 valence electrons. The Hall–Kier alpha value is -2.47. The fourth-order valence-corrected chi connectivity index (χ4v) is 3.35. The van der Waals surface area contributed by atoms with E-state index < -0.39 is 5.54 Å². The molecule has 0 aliphatic heterocycles. The monoisotopic (exact) mass is 324 g/mol. The van der Waals surface area contributed by atoms with Crippen molar-refractivity contribution in [3.63, 3.8) is 0 Å². The Morgan fingerprint density at radius 3 is 2.71 bits per heavy atom. The van der Waals surface area contributed by atoms with E-state index in [4.69, 9.17) is 15.0 Å². The van der Waals surface area contributed by atoms with Crippen LogP contribution < -0.4 is 10.5 Å². The molecule has 1 aromatic carbocycles. The molecule has 2 aromatic heterocycles. The number of benzene rings is 1. The second-order valence-electron chi connectivity index (χ2n) is 6.47. The minimum atomic E-state index is -0.451. The number of pyridine rings is 1. The van der Waals surface area contributed by atoms with Gasteiger partial charge in [0.25, 0.3) is 5.89 Å². The van der Waals surface area contributed by atoms with Crippen LogP contribution in [-0.2, 0) is 5.54 Å². The maximum Gasteiger partial charge on any atom is 0.259 e. The van der Waals surface area contributed by atoms with E-state index in [1.807, 2.05) is 31.2 Å². The minimum absolute atomic E-state index is 0.451. The Kier molecular flexibility index (Phi) is 3.49. The molecule has 0 atom stereocenters. The van der Waals surface area contributed by atoms with E-state index in [0.29, 0.717) is 11.7 Å². The van der Waals surface area contributed by atoms with E-state index in [1.165, 1.54) is 0 Å². The first-order valence-electron chi connectivity index (χ1n) is 8.18. The summed E-state index contributed by atoms with van der Waals surface area (Å²) in [7, 11) is 1.65. The van der Waals surface area contributed by atoms with Crippen LogP contribution in [0, 0.1) is 6.92 Å². The minimum Gasteiger partial charge on any atom is -0.497 e. The number of hydrogen-bond acceptors (Lipinski definition) is 6. The molecule has 2 heterocycles. The molecule has 0 spiro atoms. The van der Waals surface area contributed by atoms with Gasteiger partial charge in [0.1, 0.15) is 5.75 Å². The van der Waals surface area contributed by atoms with Crippen molar-refractivity contribution < 1.29 is 9.26 Å². The number of nitrogens with zero attached hydrogens (tertiary/aromatic N) is 3. The molecule has 0 bridgehead atoms. The number of aryl methyl sites for hydroxylation is 1. The topological polar surface area (TPSA) is 87.1 Å². The molecule has 0 unspecified atom stereocenters. The fourth-order valence-electron chi connectivity index (χ4n) is 3.35. The lowest BCUT2D eigenvalue weighted by Crippen LogP contribution is -2.34. The van der Waals surface area contributed by atoms with Crippen molar-refractivity contribution in [3.8, 4) is 17.2 Å². The molecule has 0 radical (unpaired) electrons. The van der Waals surface area contributed by atoms with Gasteiger partial charge >= 0.3 is 0 Å². The largest absolute Gasteiger partial charge is 0.497 e. The normalized spacial score (nSPS) is 16.6. The molecule has 1 fully saturated rings. The van der Waals surface area contributed by atoms with Gasteiger partial charge in [0.05, 0.1) is 29.4 Å². The van der Waals surface area contributed by atoms with Crippen LogP contribution in [0.2, 0.25) is 0 Å². The van der Waals surface area contributed by atoms with Crippen LogP contribution >= 0.6 is 0 Å². The molecule has 6 nitrogen and oxygen atoms in total. The molecule has 1 saturated carbocycles. The number of fused-ring (bicyclic) bond motifs is 1. The lowest BCUT2D eigenvalue weighted by Gasteiger charge is -2.17. The van der Waals surface area contributed by atoms with Gasteiger partial charge in [-0.2, -0.15) is 4.98 Å². The van der Waals surface area contributed by atoms with Crippen LogP contribution in [0.1, 0.15) is 37.2 Å². The Labute approximate surface area is 140 Å². The Balaban J connectivity index is 1.76. The molecular weight excluding hydrogens is 304 g/mol. The van der Waals surface area contributed by atoms with Gasteiger partial charge in [-0.3, -0.25) is 4.98 Å². The zero-order chi connectivity index (χ0) is 16.7. The van der Waals surface area contributed by atoms with Crippen LogP contribution in [0.5, 0.6) is 5.75 Å². The first kappa shape index (κ1) is 15.1. The number of nitrogens with two attached hydrogens (primary N) is 1. The van der Waals surface area contributed by atoms with Gasteiger partial charge in [-0.25, -0.2) is 0 Å². The molecule has 1 aliphatic carbocycles. The maximum atomic E-state index is 6.42. The molecule has 4 rings (SSSR count). The smallest absolute Gasteiger partial charge is 0.259 e. The summed E-state index contributed by atoms with van der Waals surface area (Å²) in [4.78, 5) is 9.21. The summed E-state index contributed by atoms with van der Waals surface area (Å²) in [5, 5.41) is 5.14. The average molecular weight is 324 g/mol. The van der Waals surface area contributed by atoms with Crippen LogP contribution in [0.15, 0.2) is 28.8 Å². The highest BCUT2D eigenvalue weighted by molar-refractivity contribution is 5.84. The van der Waals surface area contributed by atoms with Gasteiger partial charge in [0, 0.05) is 11.5 Å². The number of ether oxygens (including phenoxy) is 1. The third-order valence-electron chi connectivity index (χ3n) is 4.81. The predicted molar refractivity (Wildman–Crippen MR) is 90.7 cm³/mol. The van der Waals surface area contributed by atoms with Crippen LogP contribution in [0.3, 0.4) is 0 Å². The van der Waals surface area contributed by atoms with E-state index in [0.717, 1.165) is 53.6 Å². The summed E-state index contributed by atoms with van der Waals surface area (Å²) in [5.41, 5.74) is 8.52. The van der Waals surface area contributed by atoms with Crippen molar-refractivity contribution >= 4 is 10.9 Å². The lowest BCUT2D eigenvalue weighted by molar-refractivity contribution is 0.372. The summed E-state index contributed by atoms with van der Waals surface area (Å²) < 4.78 is 10.8. The highest BCUT2D eigenvalue weighted by Gasteiger charge is 2.36. The Morgan fingerprint density at radius 1 is 1.17 bits per heavy atom. The zero-order valence-electron chi connectivity index (χ0n) is 13.9. The predicted octanol–water partition coefficient (Wildman–Crippen LogP) is 3.33. The van der Waals surface area contributed by atoms with Crippen molar-refractivity contribution in [2.75, 3.05) is 7.11 Å². The summed E-state index contributed by atoms with van der Waals surface area (Å²) in [6.45, 7) is 1.94. The summed E-state index contributed by atoms with van der Waals surface area (Å²) >= 11 is 0. The SMILES string of the molecule is COc1ccc2cc(-c3nc(C4(N)CCCC4)no3)c(C)nc2c1. The standard InChI is InChI=1S/C18H20N4O2/c1-11-14(9-12-5-6-13(23-2)10-15(12)20-11)16-21-17(22-24-16)18(19)7-3-4-8-18/h5-6,9-10H,3-4,7-8,19H2,1-2H3. The van der Waals surface area contributed by atoms with Gasteiger partial charge < -0.3 is 15.0 Å². The zero-order valence-corrected chi connectivity index (χ0v) is 13.9. The first-order valence-corrected chi connectivity index (χ1v) is 8.18. The Morgan fingerprint density at radius 2 is 1.96 bits per heavy atom. The second-order valence-corrected chi connectivity index (χ2v) is 6.47. The van der Waals surface area contributed by atoms with Crippen molar-refractivity contribution in [1.82, 2.24) is 15.1 Å². The third-order valence-corrected chi connectivity index (χ3v) is 4.81. The number of rotatable bonds is 3. The molecule has 2 N–H and O–H groups in total. The van der Waals surface area contributed by atoms with Crippen molar-refractivity contribution in [2.45, 2.75) is 38.1 Å². The van der Waals surface area contributed by atoms with Gasteiger partial charge in [-0.15, -0.1) is 0 Å². The Bertz CT molecular complexity index is 897. The van der Waals surface area contributed by atoms with Crippen molar-refractivity contribution in [3.05, 3.63) is 35.8 Å². The van der Waals surface area contributed by atoms with Crippen LogP contribution in [-0.4, -0.2) is 22.2 Å². The molecule has 0 saturated heterocycles. The van der Waals surface area contributed by atoms with E-state index >= 15 is 0 Å². The lowest BCUT2D eigenvalue weighted by atomic mass is 9.98. The van der Waals surface area contributed by atoms with Gasteiger partial charge in [-0.05, 0) is 38.0 Å². The van der Waals surface area contributed by atoms with Crippen molar-refractivity contribution in [2.24, 2.45) is 5.73 Å². The molecule has 24 heavy (non-hydrogen) atoms. The van der Waals surface area contributed by atoms with Gasteiger partial charge in [-0.1, -0.05) is 18.0 Å². The molecule has 0 amide bonds. The number of hydrogen-bond donors (Lipinski definition) is 1. The summed E-state index contributed by atoms with van der Waals surface area (Å²) in [6, 6.07) is 7.82. The van der Waals surface area contributed by atoms with E-state index in [1.54, 1.807) is 7.11 Å².